The van der Waals surface area contributed by atoms with E-state index >= 15 is 0 Å². The monoisotopic (exact) mass is 520 g/mol. The molecule has 0 unspecified atom stereocenters. The van der Waals surface area contributed by atoms with Crippen LogP contribution >= 0.6 is 0 Å². The van der Waals surface area contributed by atoms with Crippen LogP contribution < -0.4 is 4.74 Å². The summed E-state index contributed by atoms with van der Waals surface area (Å²) in [7, 11) is 0. The normalized spacial score (nSPS) is 12.1. The molecule has 0 amide bonds. The lowest BCUT2D eigenvalue weighted by Gasteiger charge is -2.23. The Morgan fingerprint density at radius 1 is 0.341 bits per heavy atom. The van der Waals surface area contributed by atoms with Gasteiger partial charge in [-0.2, -0.15) is 0 Å². The summed E-state index contributed by atoms with van der Waals surface area (Å²) < 4.78 is 6.38. The Kier molecular flexibility index (Phi) is 4.67. The van der Waals surface area contributed by atoms with Gasteiger partial charge in [-0.1, -0.05) is 127 Å². The van der Waals surface area contributed by atoms with E-state index in [1.165, 1.54) is 70.9 Å². The molecule has 1 heterocycles. The van der Waals surface area contributed by atoms with Gasteiger partial charge in [-0.05, 0) is 83.7 Å². The van der Waals surface area contributed by atoms with Crippen molar-refractivity contribution >= 4 is 43.1 Å². The Morgan fingerprint density at radius 3 is 1.95 bits per heavy atom. The molecule has 0 fully saturated rings. The van der Waals surface area contributed by atoms with E-state index in [1.807, 2.05) is 12.1 Å². The highest BCUT2D eigenvalue weighted by molar-refractivity contribution is 6.22. The molecule has 1 aliphatic heterocycles. The van der Waals surface area contributed by atoms with Crippen molar-refractivity contribution in [3.8, 4) is 44.9 Å². The maximum absolute atomic E-state index is 6.38. The molecule has 0 atom stereocenters. The Bertz CT molecular complexity index is 2330. The zero-order chi connectivity index (χ0) is 26.9. The van der Waals surface area contributed by atoms with Gasteiger partial charge in [-0.15, -0.1) is 0 Å². The average molecular weight is 521 g/mol. The number of hydrogen-bond acceptors (Lipinski definition) is 1. The second kappa shape index (κ2) is 8.55. The van der Waals surface area contributed by atoms with E-state index in [0.717, 1.165) is 17.1 Å². The number of fused-ring (bicyclic) bond motifs is 6. The van der Waals surface area contributed by atoms with Crippen molar-refractivity contribution in [2.24, 2.45) is 0 Å². The summed E-state index contributed by atoms with van der Waals surface area (Å²) >= 11 is 0. The molecule has 9 rings (SSSR count). The second-order valence-corrected chi connectivity index (χ2v) is 10.8. The SMILES string of the molecule is c1ccc(-c2c3ccccc3cc3c2ccc2c(-c4ccc5c6c(cccc46)-c4ccccc4O5)cccc23)cc1. The Morgan fingerprint density at radius 2 is 1.02 bits per heavy atom. The third-order valence-electron chi connectivity index (χ3n) is 8.65. The van der Waals surface area contributed by atoms with Gasteiger partial charge in [-0.3, -0.25) is 0 Å². The van der Waals surface area contributed by atoms with Crippen LogP contribution in [-0.2, 0) is 0 Å². The molecule has 0 N–H and O–H groups in total. The molecular weight excluding hydrogens is 496 g/mol. The third-order valence-corrected chi connectivity index (χ3v) is 8.65. The lowest BCUT2D eigenvalue weighted by Crippen LogP contribution is -1.97. The summed E-state index contributed by atoms with van der Waals surface area (Å²) in [6.45, 7) is 0. The maximum Gasteiger partial charge on any atom is 0.135 e. The fraction of sp³-hybridized carbons (Fsp3) is 0. The molecule has 0 spiro atoms. The van der Waals surface area contributed by atoms with E-state index in [4.69, 9.17) is 4.74 Å². The molecule has 0 bridgehead atoms. The summed E-state index contributed by atoms with van der Waals surface area (Å²) in [5, 5.41) is 10.0. The third kappa shape index (κ3) is 3.24. The number of rotatable bonds is 2. The summed E-state index contributed by atoms with van der Waals surface area (Å²) in [4.78, 5) is 0. The van der Waals surface area contributed by atoms with Gasteiger partial charge in [0.2, 0.25) is 0 Å². The van der Waals surface area contributed by atoms with Gasteiger partial charge >= 0.3 is 0 Å². The van der Waals surface area contributed by atoms with Crippen molar-refractivity contribution in [3.05, 3.63) is 146 Å². The van der Waals surface area contributed by atoms with E-state index in [9.17, 15) is 0 Å². The zero-order valence-corrected chi connectivity index (χ0v) is 22.3. The van der Waals surface area contributed by atoms with Gasteiger partial charge in [0, 0.05) is 10.9 Å². The van der Waals surface area contributed by atoms with Crippen LogP contribution in [0, 0.1) is 0 Å². The van der Waals surface area contributed by atoms with Crippen LogP contribution in [0.5, 0.6) is 11.5 Å². The molecule has 8 aromatic rings. The summed E-state index contributed by atoms with van der Waals surface area (Å²) in [6.07, 6.45) is 0. The van der Waals surface area contributed by atoms with Crippen LogP contribution in [0.1, 0.15) is 0 Å². The van der Waals surface area contributed by atoms with Crippen molar-refractivity contribution in [1.29, 1.82) is 0 Å². The van der Waals surface area contributed by atoms with Gasteiger partial charge in [0.25, 0.3) is 0 Å². The van der Waals surface area contributed by atoms with Crippen LogP contribution in [0.15, 0.2) is 146 Å². The number of benzene rings is 8. The molecule has 0 aliphatic carbocycles. The van der Waals surface area contributed by atoms with Gasteiger partial charge in [0.15, 0.2) is 0 Å². The van der Waals surface area contributed by atoms with Crippen LogP contribution in [0.3, 0.4) is 0 Å². The van der Waals surface area contributed by atoms with Crippen LogP contribution in [-0.4, -0.2) is 0 Å². The minimum atomic E-state index is 0.915. The number of hydrogen-bond donors (Lipinski definition) is 0. The molecule has 8 aromatic carbocycles. The van der Waals surface area contributed by atoms with Gasteiger partial charge in [0.05, 0.1) is 0 Å². The van der Waals surface area contributed by atoms with Crippen molar-refractivity contribution in [2.75, 3.05) is 0 Å². The Balaban J connectivity index is 1.35. The molecule has 1 heteroatoms. The van der Waals surface area contributed by atoms with Crippen molar-refractivity contribution in [2.45, 2.75) is 0 Å². The molecule has 0 aromatic heterocycles. The van der Waals surface area contributed by atoms with Gasteiger partial charge in [0.1, 0.15) is 11.5 Å². The highest BCUT2D eigenvalue weighted by Crippen LogP contribution is 2.49. The lowest BCUT2D eigenvalue weighted by atomic mass is 9.86. The Hall–Kier alpha value is -5.40. The number of ether oxygens (including phenoxy) is 1. The zero-order valence-electron chi connectivity index (χ0n) is 22.3. The molecule has 0 radical (unpaired) electrons. The highest BCUT2D eigenvalue weighted by Gasteiger charge is 2.22. The highest BCUT2D eigenvalue weighted by atomic mass is 16.5. The predicted octanol–water partition coefficient (Wildman–Crippen LogP) is 11.4. The quantitative estimate of drug-likeness (QED) is 0.163. The second-order valence-electron chi connectivity index (χ2n) is 10.8. The van der Waals surface area contributed by atoms with Crippen molar-refractivity contribution in [3.63, 3.8) is 0 Å². The van der Waals surface area contributed by atoms with E-state index < -0.39 is 0 Å². The first-order valence-electron chi connectivity index (χ1n) is 14.1. The van der Waals surface area contributed by atoms with Crippen molar-refractivity contribution in [1.82, 2.24) is 0 Å². The first-order chi connectivity index (χ1) is 20.3. The lowest BCUT2D eigenvalue weighted by molar-refractivity contribution is 0.487. The van der Waals surface area contributed by atoms with E-state index in [-0.39, 0.29) is 0 Å². The standard InChI is InChI=1S/C40H24O/c1-2-10-25(11-3-1)39-27-13-5-4-12-26(27)24-36-29-16-8-15-28(30(29)20-21-35(36)39)31-22-23-38-40-33(31)17-9-18-34(40)32-14-6-7-19-37(32)41-38/h1-24H. The molecule has 1 nitrogen and oxygen atoms in total. The Labute approximate surface area is 237 Å². The predicted molar refractivity (Wildman–Crippen MR) is 173 cm³/mol. The molecule has 41 heavy (non-hydrogen) atoms. The first kappa shape index (κ1) is 22.4. The number of para-hydroxylation sites is 1. The van der Waals surface area contributed by atoms with E-state index in [1.54, 1.807) is 0 Å². The summed E-state index contributed by atoms with van der Waals surface area (Å²) in [5.41, 5.74) is 7.37. The first-order valence-corrected chi connectivity index (χ1v) is 14.1. The average Bonchev–Trinajstić information content (AvgIpc) is 3.04. The van der Waals surface area contributed by atoms with Crippen LogP contribution in [0.25, 0.3) is 76.5 Å². The fourth-order valence-electron chi connectivity index (χ4n) is 6.87. The van der Waals surface area contributed by atoms with Crippen LogP contribution in [0.4, 0.5) is 0 Å². The van der Waals surface area contributed by atoms with Crippen LogP contribution in [0.2, 0.25) is 0 Å². The molecule has 0 saturated heterocycles. The van der Waals surface area contributed by atoms with E-state index in [2.05, 4.69) is 133 Å². The minimum Gasteiger partial charge on any atom is -0.456 e. The molecule has 0 saturated carbocycles. The summed E-state index contributed by atoms with van der Waals surface area (Å²) in [5.74, 6) is 1.83. The van der Waals surface area contributed by atoms with Gasteiger partial charge < -0.3 is 4.74 Å². The largest absolute Gasteiger partial charge is 0.456 e. The fourth-order valence-corrected chi connectivity index (χ4v) is 6.87. The minimum absolute atomic E-state index is 0.915. The molecule has 190 valence electrons. The summed E-state index contributed by atoms with van der Waals surface area (Å²) in [6, 6.07) is 52.6. The molecule has 1 aliphatic rings. The van der Waals surface area contributed by atoms with Crippen molar-refractivity contribution < 1.29 is 4.74 Å². The molecular formula is C40H24O. The topological polar surface area (TPSA) is 9.23 Å². The smallest absolute Gasteiger partial charge is 0.135 e. The van der Waals surface area contributed by atoms with E-state index in [0.29, 0.717) is 0 Å². The van der Waals surface area contributed by atoms with Gasteiger partial charge in [-0.25, -0.2) is 0 Å². The maximum atomic E-state index is 6.38.